The Morgan fingerprint density at radius 1 is 1.40 bits per heavy atom. The van der Waals surface area contributed by atoms with Gasteiger partial charge < -0.3 is 10.3 Å². The summed E-state index contributed by atoms with van der Waals surface area (Å²) >= 11 is 0. The number of hydrogen-bond acceptors (Lipinski definition) is 5. The number of aryl methyl sites for hydroxylation is 1. The van der Waals surface area contributed by atoms with E-state index < -0.39 is 10.0 Å². The zero-order valence-corrected chi connectivity index (χ0v) is 12.1. The van der Waals surface area contributed by atoms with E-state index in [1.54, 1.807) is 38.1 Å². The fraction of sp³-hybridized carbons (Fsp3) is 0.308. The topological polar surface area (TPSA) is 98.2 Å². The van der Waals surface area contributed by atoms with Crippen LogP contribution < -0.4 is 10.5 Å². The minimum atomic E-state index is -3.49. The van der Waals surface area contributed by atoms with Gasteiger partial charge in [-0.05, 0) is 31.5 Å². The number of nitrogens with two attached hydrogens (primary N) is 1. The van der Waals surface area contributed by atoms with Gasteiger partial charge in [0.05, 0.1) is 0 Å². The summed E-state index contributed by atoms with van der Waals surface area (Å²) in [6.45, 7) is 3.48. The van der Waals surface area contributed by atoms with Gasteiger partial charge in [-0.25, -0.2) is 13.1 Å². The number of nitrogens with zero attached hydrogens (tertiary/aromatic N) is 1. The van der Waals surface area contributed by atoms with E-state index in [9.17, 15) is 8.42 Å². The maximum absolute atomic E-state index is 12.1. The number of hydrogen-bond donors (Lipinski definition) is 2. The van der Waals surface area contributed by atoms with Crippen LogP contribution in [0.15, 0.2) is 34.9 Å². The van der Waals surface area contributed by atoms with E-state index in [1.165, 1.54) is 0 Å². The first-order valence-corrected chi connectivity index (χ1v) is 7.78. The Morgan fingerprint density at radius 2 is 2.15 bits per heavy atom. The molecule has 0 bridgehead atoms. The molecule has 1 aromatic heterocycles. The molecule has 0 aliphatic carbocycles. The highest BCUT2D eigenvalue weighted by molar-refractivity contribution is 7.88. The molecule has 3 N–H and O–H groups in total. The van der Waals surface area contributed by atoms with E-state index in [1.807, 2.05) is 6.07 Å². The van der Waals surface area contributed by atoms with Crippen molar-refractivity contribution in [1.29, 1.82) is 0 Å². The monoisotopic (exact) mass is 295 g/mol. The van der Waals surface area contributed by atoms with Crippen LogP contribution in [-0.4, -0.2) is 13.6 Å². The van der Waals surface area contributed by atoms with Crippen molar-refractivity contribution in [1.82, 2.24) is 9.88 Å². The first-order valence-electron chi connectivity index (χ1n) is 6.13. The average molecular weight is 295 g/mol. The van der Waals surface area contributed by atoms with Gasteiger partial charge in [-0.15, -0.1) is 0 Å². The molecule has 0 saturated heterocycles. The van der Waals surface area contributed by atoms with Crippen LogP contribution in [0, 0.1) is 6.92 Å². The molecule has 6 nitrogen and oxygen atoms in total. The number of sulfonamides is 1. The van der Waals surface area contributed by atoms with Gasteiger partial charge in [-0.1, -0.05) is 17.3 Å². The molecule has 1 unspecified atom stereocenters. The summed E-state index contributed by atoms with van der Waals surface area (Å²) in [5.41, 5.74) is 7.48. The highest BCUT2D eigenvalue weighted by Gasteiger charge is 2.18. The minimum Gasteiger partial charge on any atom is -0.399 e. The van der Waals surface area contributed by atoms with Crippen molar-refractivity contribution >= 4 is 15.7 Å². The lowest BCUT2D eigenvalue weighted by molar-refractivity contribution is 0.392. The van der Waals surface area contributed by atoms with Crippen molar-refractivity contribution < 1.29 is 12.9 Å². The summed E-state index contributed by atoms with van der Waals surface area (Å²) in [6.07, 6.45) is 0. The van der Waals surface area contributed by atoms with Gasteiger partial charge in [-0.2, -0.15) is 0 Å². The average Bonchev–Trinajstić information content (AvgIpc) is 2.73. The Kier molecular flexibility index (Phi) is 4.10. The zero-order chi connectivity index (χ0) is 14.8. The molecular weight excluding hydrogens is 278 g/mol. The van der Waals surface area contributed by atoms with Gasteiger partial charge in [0.1, 0.15) is 17.2 Å². The summed E-state index contributed by atoms with van der Waals surface area (Å²) in [7, 11) is -3.49. The molecule has 7 heteroatoms. The Bertz CT molecular complexity index is 694. The van der Waals surface area contributed by atoms with E-state index >= 15 is 0 Å². The van der Waals surface area contributed by atoms with Crippen LogP contribution in [0.2, 0.25) is 0 Å². The molecular formula is C13H17N3O3S. The fourth-order valence-corrected chi connectivity index (χ4v) is 3.17. The molecule has 2 rings (SSSR count). The molecule has 0 spiro atoms. The summed E-state index contributed by atoms with van der Waals surface area (Å²) in [6, 6.07) is 8.34. The van der Waals surface area contributed by atoms with Crippen molar-refractivity contribution in [2.45, 2.75) is 25.6 Å². The van der Waals surface area contributed by atoms with Crippen molar-refractivity contribution in [3.05, 3.63) is 47.3 Å². The second-order valence-electron chi connectivity index (χ2n) is 4.70. The number of nitrogen functional groups attached to an aromatic ring is 1. The molecule has 0 saturated carbocycles. The third kappa shape index (κ3) is 3.82. The SMILES string of the molecule is Cc1cc(CS(=O)(=O)NC(C)c2cccc(N)c2)no1. The number of aromatic nitrogens is 1. The zero-order valence-electron chi connectivity index (χ0n) is 11.3. The standard InChI is InChI=1S/C13H17N3O3S/c1-9-6-13(15-19-9)8-20(17,18)16-10(2)11-4-3-5-12(14)7-11/h3-7,10,16H,8,14H2,1-2H3. The summed E-state index contributed by atoms with van der Waals surface area (Å²) < 4.78 is 31.6. The van der Waals surface area contributed by atoms with Gasteiger partial charge in [-0.3, -0.25) is 0 Å². The van der Waals surface area contributed by atoms with Crippen LogP contribution in [0.5, 0.6) is 0 Å². The van der Waals surface area contributed by atoms with Crippen LogP contribution in [-0.2, 0) is 15.8 Å². The maximum Gasteiger partial charge on any atom is 0.218 e. The van der Waals surface area contributed by atoms with E-state index in [0.717, 1.165) is 5.56 Å². The second-order valence-corrected chi connectivity index (χ2v) is 6.45. The molecule has 0 amide bonds. The number of anilines is 1. The van der Waals surface area contributed by atoms with Crippen LogP contribution in [0.25, 0.3) is 0 Å². The lowest BCUT2D eigenvalue weighted by Crippen LogP contribution is -2.28. The van der Waals surface area contributed by atoms with Crippen molar-refractivity contribution in [3.8, 4) is 0 Å². The van der Waals surface area contributed by atoms with E-state index in [4.69, 9.17) is 10.3 Å². The Morgan fingerprint density at radius 3 is 2.75 bits per heavy atom. The van der Waals surface area contributed by atoms with Crippen LogP contribution >= 0.6 is 0 Å². The van der Waals surface area contributed by atoms with Crippen LogP contribution in [0.1, 0.15) is 30.0 Å². The third-order valence-corrected chi connectivity index (χ3v) is 4.17. The Balaban J connectivity index is 2.08. The lowest BCUT2D eigenvalue weighted by atomic mass is 10.1. The predicted molar refractivity (Wildman–Crippen MR) is 76.3 cm³/mol. The fourth-order valence-electron chi connectivity index (χ4n) is 1.89. The van der Waals surface area contributed by atoms with Gasteiger partial charge >= 0.3 is 0 Å². The molecule has 0 aliphatic heterocycles. The largest absolute Gasteiger partial charge is 0.399 e. The quantitative estimate of drug-likeness (QED) is 0.819. The third-order valence-electron chi connectivity index (χ3n) is 2.78. The van der Waals surface area contributed by atoms with Crippen molar-refractivity contribution in [2.24, 2.45) is 0 Å². The van der Waals surface area contributed by atoms with Gasteiger partial charge in [0.25, 0.3) is 0 Å². The molecule has 0 radical (unpaired) electrons. The normalized spacial score (nSPS) is 13.3. The minimum absolute atomic E-state index is 0.211. The van der Waals surface area contributed by atoms with Gasteiger partial charge in [0.15, 0.2) is 0 Å². The number of nitrogens with one attached hydrogen (secondary N) is 1. The van der Waals surface area contributed by atoms with E-state index in [-0.39, 0.29) is 11.8 Å². The molecule has 1 heterocycles. The van der Waals surface area contributed by atoms with Crippen molar-refractivity contribution in [2.75, 3.05) is 5.73 Å². The molecule has 20 heavy (non-hydrogen) atoms. The summed E-state index contributed by atoms with van der Waals surface area (Å²) in [4.78, 5) is 0. The Labute approximate surface area is 118 Å². The summed E-state index contributed by atoms with van der Waals surface area (Å²) in [5.74, 6) is 0.371. The smallest absolute Gasteiger partial charge is 0.218 e. The van der Waals surface area contributed by atoms with Crippen LogP contribution in [0.3, 0.4) is 0 Å². The first-order chi connectivity index (χ1) is 9.35. The second kappa shape index (κ2) is 5.64. The molecule has 1 aromatic carbocycles. The van der Waals surface area contributed by atoms with Crippen LogP contribution in [0.4, 0.5) is 5.69 Å². The summed E-state index contributed by atoms with van der Waals surface area (Å²) in [5, 5.41) is 3.68. The molecule has 0 aliphatic rings. The predicted octanol–water partition coefficient (Wildman–Crippen LogP) is 1.75. The maximum atomic E-state index is 12.1. The van der Waals surface area contributed by atoms with Crippen molar-refractivity contribution in [3.63, 3.8) is 0 Å². The number of benzene rings is 1. The molecule has 0 fully saturated rings. The highest BCUT2D eigenvalue weighted by atomic mass is 32.2. The highest BCUT2D eigenvalue weighted by Crippen LogP contribution is 2.17. The first kappa shape index (κ1) is 14.5. The molecule has 108 valence electrons. The van der Waals surface area contributed by atoms with E-state index in [0.29, 0.717) is 17.1 Å². The Hall–Kier alpha value is -1.86. The molecule has 1 atom stereocenters. The lowest BCUT2D eigenvalue weighted by Gasteiger charge is -2.14. The van der Waals surface area contributed by atoms with E-state index in [2.05, 4.69) is 9.88 Å². The molecule has 2 aromatic rings. The van der Waals surface area contributed by atoms with Gasteiger partial charge in [0.2, 0.25) is 10.0 Å². The number of rotatable bonds is 5. The van der Waals surface area contributed by atoms with Gasteiger partial charge in [0, 0.05) is 17.8 Å².